The van der Waals surface area contributed by atoms with Crippen molar-refractivity contribution < 1.29 is 57.5 Å². The third kappa shape index (κ3) is 6.54. The molecule has 2 saturated heterocycles. The smallest absolute Gasteiger partial charge is 0.338 e. The van der Waals surface area contributed by atoms with Crippen molar-refractivity contribution in [2.75, 3.05) is 13.7 Å². The second kappa shape index (κ2) is 14.9. The van der Waals surface area contributed by atoms with Gasteiger partial charge in [-0.1, -0.05) is 76.2 Å². The number of epoxide rings is 1. The summed E-state index contributed by atoms with van der Waals surface area (Å²) in [6.45, 7) is 15.3. The molecule has 4 fully saturated rings. The van der Waals surface area contributed by atoms with Gasteiger partial charge in [0.1, 0.15) is 30.0 Å². The van der Waals surface area contributed by atoms with Gasteiger partial charge >= 0.3 is 17.9 Å². The number of benzene rings is 2. The SMILES string of the molecule is CO[C@H]1C(=O)[C@@]2(C)[C@H]([C@H](OC(=O)c3ccccc3)[C@]3(O)C[C@H](OC(=O)[C@H](C)[C@@H](NC(=O)C4(C)OC4C)c4ccccc4)C(C)=C1C3(C)C)[C@]1(OC(C)=O)CO[C@@H]1C[C@@H]2C. The highest BCUT2D eigenvalue weighted by Crippen LogP contribution is 2.65. The molecule has 2 N–H and O–H groups in total. The number of ether oxygens (including phenoxy) is 6. The van der Waals surface area contributed by atoms with E-state index in [2.05, 4.69) is 5.32 Å². The Labute approximate surface area is 345 Å². The largest absolute Gasteiger partial charge is 0.457 e. The summed E-state index contributed by atoms with van der Waals surface area (Å²) in [5, 5.41) is 16.8. The molecule has 2 aromatic rings. The Hall–Kier alpha value is -4.43. The summed E-state index contributed by atoms with van der Waals surface area (Å²) >= 11 is 0. The second-order valence-corrected chi connectivity index (χ2v) is 18.2. The Kier molecular flexibility index (Phi) is 10.8. The molecule has 1 amide bonds. The molecule has 2 unspecified atom stereocenters. The van der Waals surface area contributed by atoms with Crippen molar-refractivity contribution in [1.29, 1.82) is 0 Å². The van der Waals surface area contributed by atoms with E-state index in [1.54, 1.807) is 78.8 Å². The summed E-state index contributed by atoms with van der Waals surface area (Å²) in [5.74, 6) is -5.28. The summed E-state index contributed by atoms with van der Waals surface area (Å²) in [4.78, 5) is 70.8. The van der Waals surface area contributed by atoms with E-state index in [9.17, 15) is 24.3 Å². The number of aliphatic hydroxyl groups is 1. The van der Waals surface area contributed by atoms with Crippen LogP contribution in [0.4, 0.5) is 0 Å². The molecule has 0 radical (unpaired) electrons. The van der Waals surface area contributed by atoms with Crippen LogP contribution in [0.25, 0.3) is 0 Å². The van der Waals surface area contributed by atoms with Gasteiger partial charge in [0.2, 0.25) is 0 Å². The first-order chi connectivity index (χ1) is 27.7. The van der Waals surface area contributed by atoms with E-state index in [0.717, 1.165) is 0 Å². The average molecular weight is 816 g/mol. The number of nitrogens with one attached hydrogen (secondary N) is 1. The number of Topliss-reactive ketones (excluding diaryl/α,β-unsaturated/α-hetero) is 1. The van der Waals surface area contributed by atoms with Crippen molar-refractivity contribution in [2.24, 2.45) is 28.6 Å². The van der Waals surface area contributed by atoms with Gasteiger partial charge in [-0.3, -0.25) is 19.2 Å². The maximum absolute atomic E-state index is 15.5. The molecule has 13 atom stereocenters. The third-order valence-corrected chi connectivity index (χ3v) is 14.8. The van der Waals surface area contributed by atoms with E-state index >= 15 is 4.79 Å². The van der Waals surface area contributed by atoms with Crippen molar-refractivity contribution in [3.05, 3.63) is 82.9 Å². The number of hydrogen-bond acceptors (Lipinski definition) is 12. The highest BCUT2D eigenvalue weighted by atomic mass is 16.6. The zero-order valence-corrected chi connectivity index (χ0v) is 35.5. The average Bonchev–Trinajstić information content (AvgIpc) is 3.83. The van der Waals surface area contributed by atoms with Crippen molar-refractivity contribution in [1.82, 2.24) is 5.32 Å². The van der Waals surface area contributed by atoms with Gasteiger partial charge in [-0.05, 0) is 68.9 Å². The number of fused-ring (bicyclic) bond motifs is 5. The van der Waals surface area contributed by atoms with Gasteiger partial charge in [-0.2, -0.15) is 0 Å². The van der Waals surface area contributed by atoms with Crippen molar-refractivity contribution in [3.8, 4) is 0 Å². The highest BCUT2D eigenvalue weighted by Gasteiger charge is 2.77. The van der Waals surface area contributed by atoms with Crippen molar-refractivity contribution >= 4 is 29.6 Å². The number of hydrogen-bond donors (Lipinski definition) is 2. The molecule has 318 valence electrons. The van der Waals surface area contributed by atoms with Gasteiger partial charge in [-0.15, -0.1) is 0 Å². The zero-order chi connectivity index (χ0) is 43.0. The van der Waals surface area contributed by atoms with E-state index < -0.39 is 93.8 Å². The summed E-state index contributed by atoms with van der Waals surface area (Å²) < 4.78 is 37.0. The van der Waals surface area contributed by atoms with Crippen LogP contribution in [-0.2, 0) is 47.6 Å². The topological polar surface area (TPSA) is 176 Å². The van der Waals surface area contributed by atoms with Crippen molar-refractivity contribution in [2.45, 2.75) is 129 Å². The minimum absolute atomic E-state index is 0.0990. The zero-order valence-electron chi connectivity index (χ0n) is 35.5. The lowest BCUT2D eigenvalue weighted by Gasteiger charge is -2.68. The van der Waals surface area contributed by atoms with Crippen LogP contribution in [0.1, 0.15) is 97.1 Å². The Bertz CT molecular complexity index is 2050. The molecule has 2 aliphatic heterocycles. The fraction of sp³-hybridized carbons (Fsp3) is 0.587. The summed E-state index contributed by atoms with van der Waals surface area (Å²) in [6, 6.07) is 16.6. The molecule has 0 spiro atoms. The van der Waals surface area contributed by atoms with Gasteiger partial charge in [0, 0.05) is 31.3 Å². The molecular weight excluding hydrogens is 759 g/mol. The molecule has 3 aliphatic carbocycles. The quantitative estimate of drug-likeness (QED) is 0.138. The fourth-order valence-corrected chi connectivity index (χ4v) is 10.7. The maximum Gasteiger partial charge on any atom is 0.338 e. The number of methoxy groups -OCH3 is 1. The molecule has 5 aliphatic rings. The number of carbonyl (C=O) groups is 5. The van der Waals surface area contributed by atoms with E-state index in [1.165, 1.54) is 14.0 Å². The Morgan fingerprint density at radius 1 is 0.949 bits per heavy atom. The third-order valence-electron chi connectivity index (χ3n) is 14.8. The van der Waals surface area contributed by atoms with E-state index in [4.69, 9.17) is 28.4 Å². The van der Waals surface area contributed by atoms with Crippen LogP contribution >= 0.6 is 0 Å². The van der Waals surface area contributed by atoms with Gasteiger partial charge in [0.15, 0.2) is 17.0 Å². The Morgan fingerprint density at radius 2 is 1.56 bits per heavy atom. The Balaban J connectivity index is 1.36. The lowest BCUT2D eigenvalue weighted by atomic mass is 9.43. The van der Waals surface area contributed by atoms with Crippen LogP contribution < -0.4 is 5.32 Å². The van der Waals surface area contributed by atoms with Gasteiger partial charge in [0.25, 0.3) is 5.91 Å². The molecule has 2 bridgehead atoms. The van der Waals surface area contributed by atoms with Gasteiger partial charge < -0.3 is 38.8 Å². The van der Waals surface area contributed by atoms with Crippen LogP contribution in [0.2, 0.25) is 0 Å². The highest BCUT2D eigenvalue weighted by molar-refractivity contribution is 5.94. The standard InChI is InChI=1S/C46H57NO12/c1-24-21-32-45(23-55-32,59-28(5)48)36-38(57-40(51)30-19-15-12-16-20-30)46(53)22-31(25(2)33(42(46,6)7)35(54-10)37(49)43(24,36)8)56-39(50)26(3)34(29-17-13-11-14-18-29)47-41(52)44(9)27(4)58-44/h11-20,24,26-27,31-32,34-36,38,53H,21-23H2,1-10H3,(H,47,52)/t24-,26+,27?,31-,32+,34+,35+,36-,38-,43+,44?,45-,46+/m0/s1. The minimum Gasteiger partial charge on any atom is -0.457 e. The molecule has 13 heteroatoms. The maximum atomic E-state index is 15.5. The van der Waals surface area contributed by atoms with Gasteiger partial charge in [0.05, 0.1) is 36.2 Å². The molecule has 59 heavy (non-hydrogen) atoms. The molecule has 2 aromatic carbocycles. The van der Waals surface area contributed by atoms with Crippen molar-refractivity contribution in [3.63, 3.8) is 0 Å². The second-order valence-electron chi connectivity index (χ2n) is 18.2. The first kappa shape index (κ1) is 42.7. The molecule has 7 rings (SSSR count). The molecule has 0 aromatic heterocycles. The first-order valence-corrected chi connectivity index (χ1v) is 20.5. The predicted molar refractivity (Wildman–Crippen MR) is 212 cm³/mol. The minimum atomic E-state index is -2.07. The predicted octanol–water partition coefficient (Wildman–Crippen LogP) is 5.23. The Morgan fingerprint density at radius 3 is 2.10 bits per heavy atom. The fourth-order valence-electron chi connectivity index (χ4n) is 10.7. The molecule has 2 heterocycles. The summed E-state index contributed by atoms with van der Waals surface area (Å²) in [6.07, 6.45) is -4.77. The van der Waals surface area contributed by atoms with Crippen LogP contribution in [-0.4, -0.2) is 95.7 Å². The normalized spacial score (nSPS) is 37.8. The summed E-state index contributed by atoms with van der Waals surface area (Å²) in [7, 11) is 1.42. The lowest BCUT2D eigenvalue weighted by molar-refractivity contribution is -0.340. The molecule has 13 nitrogen and oxygen atoms in total. The van der Waals surface area contributed by atoms with E-state index in [1.807, 2.05) is 37.3 Å². The first-order valence-electron chi connectivity index (χ1n) is 20.5. The van der Waals surface area contributed by atoms with Crippen LogP contribution in [0.3, 0.4) is 0 Å². The number of amides is 1. The number of rotatable bonds is 10. The van der Waals surface area contributed by atoms with Crippen LogP contribution in [0.15, 0.2) is 71.8 Å². The number of esters is 3. The monoisotopic (exact) mass is 815 g/mol. The van der Waals surface area contributed by atoms with Crippen LogP contribution in [0.5, 0.6) is 0 Å². The van der Waals surface area contributed by atoms with E-state index in [0.29, 0.717) is 23.1 Å². The lowest BCUT2D eigenvalue weighted by Crippen LogP contribution is -2.80. The summed E-state index contributed by atoms with van der Waals surface area (Å²) in [5.41, 5.74) is -5.57. The van der Waals surface area contributed by atoms with E-state index in [-0.39, 0.29) is 36.4 Å². The number of carbonyl (C=O) groups excluding carboxylic acids is 5. The van der Waals surface area contributed by atoms with Gasteiger partial charge in [-0.25, -0.2) is 4.79 Å². The molecular formula is C46H57NO12. The van der Waals surface area contributed by atoms with Crippen LogP contribution in [0, 0.1) is 28.6 Å². The molecule has 2 saturated carbocycles. The number of ketones is 1.